The number of carbonyl (C=O) groups is 1. The van der Waals surface area contributed by atoms with Crippen LogP contribution in [0.4, 0.5) is 0 Å². The lowest BCUT2D eigenvalue weighted by Crippen LogP contribution is -2.05. The molecule has 0 amide bonds. The van der Waals surface area contributed by atoms with Crippen molar-refractivity contribution in [3.8, 4) is 5.75 Å². The first kappa shape index (κ1) is 17.4. The molecule has 0 heterocycles. The van der Waals surface area contributed by atoms with E-state index < -0.39 is 6.10 Å². The van der Waals surface area contributed by atoms with Gasteiger partial charge in [-0.15, -0.1) is 0 Å². The van der Waals surface area contributed by atoms with Crippen molar-refractivity contribution in [1.29, 1.82) is 0 Å². The summed E-state index contributed by atoms with van der Waals surface area (Å²) in [5.74, 6) is -0.187. The summed E-state index contributed by atoms with van der Waals surface area (Å²) >= 11 is 0. The Morgan fingerprint density at radius 3 is 2.26 bits per heavy atom. The van der Waals surface area contributed by atoms with Gasteiger partial charge in [0.2, 0.25) is 0 Å². The maximum absolute atomic E-state index is 11.3. The number of benzene rings is 1. The predicted molar refractivity (Wildman–Crippen MR) is 72.1 cm³/mol. The molecule has 1 atom stereocenters. The molecule has 0 spiro atoms. The summed E-state index contributed by atoms with van der Waals surface area (Å²) in [7, 11) is 0. The highest BCUT2D eigenvalue weighted by Crippen LogP contribution is 2.10. The smallest absolute Gasteiger partial charge is 0.338 e. The van der Waals surface area contributed by atoms with E-state index in [9.17, 15) is 4.79 Å². The minimum Gasteiger partial charge on any atom is -0.508 e. The molecule has 0 fully saturated rings. The SMILES string of the molecule is CC(O)CO.CCCCOC(=O)c1ccc(O)cc1. The minimum atomic E-state index is -0.560. The lowest BCUT2D eigenvalue weighted by Gasteiger charge is -2.03. The molecule has 1 rings (SSSR count). The third kappa shape index (κ3) is 9.04. The van der Waals surface area contributed by atoms with Gasteiger partial charge in [0.15, 0.2) is 0 Å². The molecule has 1 aromatic carbocycles. The third-order valence-corrected chi connectivity index (χ3v) is 2.10. The zero-order chi connectivity index (χ0) is 14.7. The lowest BCUT2D eigenvalue weighted by molar-refractivity contribution is 0.0499. The molecule has 0 aliphatic heterocycles. The van der Waals surface area contributed by atoms with E-state index >= 15 is 0 Å². The third-order valence-electron chi connectivity index (χ3n) is 2.10. The molecule has 1 unspecified atom stereocenters. The number of phenolic OH excluding ortho intramolecular Hbond substituents is 1. The Morgan fingerprint density at radius 2 is 1.84 bits per heavy atom. The van der Waals surface area contributed by atoms with Crippen LogP contribution in [0.1, 0.15) is 37.0 Å². The summed E-state index contributed by atoms with van der Waals surface area (Å²) in [4.78, 5) is 11.3. The average Bonchev–Trinajstić information content (AvgIpc) is 2.40. The van der Waals surface area contributed by atoms with Crippen LogP contribution in [0.5, 0.6) is 5.75 Å². The Kier molecular flexibility index (Phi) is 9.48. The number of ether oxygens (including phenoxy) is 1. The van der Waals surface area contributed by atoms with Crippen molar-refractivity contribution >= 4 is 5.97 Å². The molecule has 0 aliphatic rings. The molecule has 5 nitrogen and oxygen atoms in total. The molecule has 19 heavy (non-hydrogen) atoms. The summed E-state index contributed by atoms with van der Waals surface area (Å²) in [5, 5.41) is 25.0. The van der Waals surface area contributed by atoms with Crippen LogP contribution in [0, 0.1) is 0 Å². The summed E-state index contributed by atoms with van der Waals surface area (Å²) in [5.41, 5.74) is 0.471. The van der Waals surface area contributed by atoms with Gasteiger partial charge >= 0.3 is 5.97 Å². The van der Waals surface area contributed by atoms with E-state index in [1.165, 1.54) is 19.1 Å². The van der Waals surface area contributed by atoms with Gasteiger partial charge in [-0.2, -0.15) is 0 Å². The molecule has 0 saturated heterocycles. The molecule has 0 radical (unpaired) electrons. The molecule has 5 heteroatoms. The van der Waals surface area contributed by atoms with Gasteiger partial charge in [-0.3, -0.25) is 0 Å². The number of rotatable bonds is 5. The van der Waals surface area contributed by atoms with E-state index in [1.54, 1.807) is 12.1 Å². The molecule has 0 aromatic heterocycles. The van der Waals surface area contributed by atoms with Gasteiger partial charge in [-0.25, -0.2) is 4.79 Å². The van der Waals surface area contributed by atoms with Crippen molar-refractivity contribution in [2.24, 2.45) is 0 Å². The maximum atomic E-state index is 11.3. The second-order valence-corrected chi connectivity index (χ2v) is 4.07. The van der Waals surface area contributed by atoms with E-state index in [0.29, 0.717) is 12.2 Å². The first-order valence-electron chi connectivity index (χ1n) is 6.26. The number of phenols is 1. The van der Waals surface area contributed by atoms with Gasteiger partial charge in [0, 0.05) is 0 Å². The molecule has 0 aliphatic carbocycles. The van der Waals surface area contributed by atoms with Crippen LogP contribution >= 0.6 is 0 Å². The van der Waals surface area contributed by atoms with Crippen LogP contribution in [0.2, 0.25) is 0 Å². The van der Waals surface area contributed by atoms with Gasteiger partial charge in [0.1, 0.15) is 5.75 Å². The van der Waals surface area contributed by atoms with E-state index in [4.69, 9.17) is 20.1 Å². The molecule has 3 N–H and O–H groups in total. The molecule has 0 bridgehead atoms. The number of aliphatic hydroxyl groups excluding tert-OH is 2. The summed E-state index contributed by atoms with van der Waals surface area (Å²) in [6.45, 7) is 3.88. The van der Waals surface area contributed by atoms with Gasteiger partial charge in [0.25, 0.3) is 0 Å². The first-order chi connectivity index (χ1) is 9.01. The zero-order valence-corrected chi connectivity index (χ0v) is 11.4. The van der Waals surface area contributed by atoms with Crippen molar-refractivity contribution in [3.05, 3.63) is 29.8 Å². The Bertz CT molecular complexity index is 345. The number of aliphatic hydroxyl groups is 2. The van der Waals surface area contributed by atoms with E-state index in [-0.39, 0.29) is 18.3 Å². The fourth-order valence-corrected chi connectivity index (χ4v) is 0.990. The highest BCUT2D eigenvalue weighted by Gasteiger charge is 2.05. The number of esters is 1. The Balaban J connectivity index is 0.000000555. The van der Waals surface area contributed by atoms with Gasteiger partial charge in [-0.05, 0) is 37.6 Å². The molecular formula is C14H22O5. The molecular weight excluding hydrogens is 248 g/mol. The van der Waals surface area contributed by atoms with Crippen molar-refractivity contribution < 1.29 is 24.9 Å². The van der Waals surface area contributed by atoms with Crippen LogP contribution in [-0.2, 0) is 4.74 Å². The maximum Gasteiger partial charge on any atom is 0.338 e. The fourth-order valence-electron chi connectivity index (χ4n) is 0.990. The monoisotopic (exact) mass is 270 g/mol. The van der Waals surface area contributed by atoms with E-state index in [0.717, 1.165) is 12.8 Å². The molecule has 0 saturated carbocycles. The Labute approximate surface area is 113 Å². The highest BCUT2D eigenvalue weighted by molar-refractivity contribution is 5.89. The normalized spacial score (nSPS) is 11.2. The number of hydrogen-bond acceptors (Lipinski definition) is 5. The first-order valence-corrected chi connectivity index (χ1v) is 6.26. The predicted octanol–water partition coefficient (Wildman–Crippen LogP) is 1.71. The van der Waals surface area contributed by atoms with Crippen LogP contribution in [0.25, 0.3) is 0 Å². The van der Waals surface area contributed by atoms with Crippen LogP contribution < -0.4 is 0 Å². The molecule has 108 valence electrons. The van der Waals surface area contributed by atoms with Crippen molar-refractivity contribution in [1.82, 2.24) is 0 Å². The van der Waals surface area contributed by atoms with Crippen molar-refractivity contribution in [3.63, 3.8) is 0 Å². The quantitative estimate of drug-likeness (QED) is 0.560. The van der Waals surface area contributed by atoms with E-state index in [2.05, 4.69) is 0 Å². The summed E-state index contributed by atoms with van der Waals surface area (Å²) in [6, 6.07) is 6.03. The highest BCUT2D eigenvalue weighted by atomic mass is 16.5. The Morgan fingerprint density at radius 1 is 1.32 bits per heavy atom. The number of hydrogen-bond donors (Lipinski definition) is 3. The van der Waals surface area contributed by atoms with Crippen LogP contribution in [0.15, 0.2) is 24.3 Å². The van der Waals surface area contributed by atoms with Crippen molar-refractivity contribution in [2.45, 2.75) is 32.8 Å². The van der Waals surface area contributed by atoms with Crippen LogP contribution in [0.3, 0.4) is 0 Å². The van der Waals surface area contributed by atoms with Gasteiger partial charge in [-0.1, -0.05) is 13.3 Å². The number of unbranched alkanes of at least 4 members (excludes halogenated alkanes) is 1. The van der Waals surface area contributed by atoms with Crippen LogP contribution in [-0.4, -0.2) is 40.6 Å². The average molecular weight is 270 g/mol. The summed E-state index contributed by atoms with van der Waals surface area (Å²) in [6.07, 6.45) is 1.32. The number of carbonyl (C=O) groups excluding carboxylic acids is 1. The fraction of sp³-hybridized carbons (Fsp3) is 0.500. The lowest BCUT2D eigenvalue weighted by atomic mass is 10.2. The second kappa shape index (κ2) is 10.3. The standard InChI is InChI=1S/C11H14O3.C3H8O2/c1-2-3-8-14-11(13)9-4-6-10(12)7-5-9;1-3(5)2-4/h4-7,12H,2-3,8H2,1H3;3-5H,2H2,1H3. The minimum absolute atomic E-state index is 0.139. The number of aromatic hydroxyl groups is 1. The largest absolute Gasteiger partial charge is 0.508 e. The van der Waals surface area contributed by atoms with Crippen molar-refractivity contribution in [2.75, 3.05) is 13.2 Å². The van der Waals surface area contributed by atoms with Gasteiger partial charge < -0.3 is 20.1 Å². The van der Waals surface area contributed by atoms with Gasteiger partial charge in [0.05, 0.1) is 24.9 Å². The molecule has 1 aromatic rings. The Hall–Kier alpha value is -1.59. The zero-order valence-electron chi connectivity index (χ0n) is 11.4. The second-order valence-electron chi connectivity index (χ2n) is 4.07. The summed E-state index contributed by atoms with van der Waals surface area (Å²) < 4.78 is 4.99. The topological polar surface area (TPSA) is 87.0 Å². The van der Waals surface area contributed by atoms with E-state index in [1.807, 2.05) is 6.92 Å².